The largest absolute Gasteiger partial charge is 0.379 e. The lowest BCUT2D eigenvalue weighted by atomic mass is 10.1. The van der Waals surface area contributed by atoms with Crippen LogP contribution in [-0.4, -0.2) is 43.5 Å². The Morgan fingerprint density at radius 1 is 1.03 bits per heavy atom. The topological polar surface area (TPSA) is 89.2 Å². The number of aliphatic hydroxyl groups excluding tert-OH is 1. The number of benzene rings is 1. The maximum Gasteiger partial charge on any atom is 0.168 e. The molecule has 0 saturated carbocycles. The Morgan fingerprint density at radius 3 is 2.77 bits per heavy atom. The van der Waals surface area contributed by atoms with Crippen molar-refractivity contribution in [3.63, 3.8) is 0 Å². The fourth-order valence-corrected chi connectivity index (χ4v) is 4.57. The van der Waals surface area contributed by atoms with E-state index in [0.717, 1.165) is 27.0 Å². The van der Waals surface area contributed by atoms with E-state index in [9.17, 15) is 5.11 Å². The van der Waals surface area contributed by atoms with Crippen molar-refractivity contribution in [1.82, 2.24) is 24.5 Å². The molecule has 0 saturated heterocycles. The molecule has 8 nitrogen and oxygen atoms in total. The van der Waals surface area contributed by atoms with Crippen LogP contribution >= 0.6 is 11.8 Å². The summed E-state index contributed by atoms with van der Waals surface area (Å²) in [6, 6.07) is 11.8. The van der Waals surface area contributed by atoms with Crippen molar-refractivity contribution in [2.75, 3.05) is 18.7 Å². The van der Waals surface area contributed by atoms with Gasteiger partial charge in [0.2, 0.25) is 0 Å². The molecule has 5 rings (SSSR count). The van der Waals surface area contributed by atoms with Gasteiger partial charge in [0.25, 0.3) is 0 Å². The van der Waals surface area contributed by atoms with Crippen LogP contribution in [0, 0.1) is 0 Å². The first-order valence-corrected chi connectivity index (χ1v) is 10.5. The van der Waals surface area contributed by atoms with E-state index in [2.05, 4.69) is 38.1 Å². The van der Waals surface area contributed by atoms with Crippen LogP contribution in [-0.2, 0) is 11.3 Å². The second kappa shape index (κ2) is 8.46. The zero-order valence-corrected chi connectivity index (χ0v) is 17.6. The minimum atomic E-state index is -0.892. The van der Waals surface area contributed by atoms with E-state index in [1.165, 1.54) is 0 Å². The fraction of sp³-hybridized carbons (Fsp3) is 0.182. The zero-order valence-electron chi connectivity index (χ0n) is 16.8. The molecule has 0 radical (unpaired) electrons. The number of nitrogens with zero attached hydrogens (tertiary/aromatic N) is 6. The Bertz CT molecular complexity index is 1200. The van der Waals surface area contributed by atoms with Crippen LogP contribution in [0.25, 0.3) is 0 Å². The molecule has 9 heteroatoms. The van der Waals surface area contributed by atoms with Crippen LogP contribution in [0.15, 0.2) is 77.3 Å². The van der Waals surface area contributed by atoms with Gasteiger partial charge in [-0.3, -0.25) is 9.88 Å². The third kappa shape index (κ3) is 3.78. The van der Waals surface area contributed by atoms with E-state index in [1.54, 1.807) is 49.7 Å². The molecule has 0 fully saturated rings. The monoisotopic (exact) mass is 432 g/mol. The standard InChI is InChI=1S/C22H20N6O2S/c1-30-14-28-17-12-15(5-6-18(17)31-22-21(28)24-8-9-26-22)13-27-11-10-25-20(27)19(29)16-4-2-3-7-23-16/h2-12,19,29H,13-14H2,1H3. The Balaban J connectivity index is 1.46. The summed E-state index contributed by atoms with van der Waals surface area (Å²) in [6.45, 7) is 0.933. The molecule has 1 atom stereocenters. The molecule has 4 aromatic rings. The van der Waals surface area contributed by atoms with E-state index in [0.29, 0.717) is 24.8 Å². The second-order valence-corrected chi connectivity index (χ2v) is 8.04. The molecule has 31 heavy (non-hydrogen) atoms. The average Bonchev–Trinajstić information content (AvgIpc) is 3.27. The number of hydrogen-bond acceptors (Lipinski definition) is 8. The van der Waals surface area contributed by atoms with Gasteiger partial charge in [-0.1, -0.05) is 23.9 Å². The van der Waals surface area contributed by atoms with Crippen LogP contribution in [0.5, 0.6) is 0 Å². The van der Waals surface area contributed by atoms with Gasteiger partial charge < -0.3 is 14.4 Å². The van der Waals surface area contributed by atoms with E-state index in [4.69, 9.17) is 4.74 Å². The predicted molar refractivity (Wildman–Crippen MR) is 116 cm³/mol. The van der Waals surface area contributed by atoms with Crippen molar-refractivity contribution in [3.05, 3.63) is 84.5 Å². The molecule has 156 valence electrons. The number of fused-ring (bicyclic) bond motifs is 2. The number of pyridine rings is 1. The van der Waals surface area contributed by atoms with Crippen LogP contribution in [0.4, 0.5) is 11.5 Å². The van der Waals surface area contributed by atoms with E-state index in [1.807, 2.05) is 27.8 Å². The minimum absolute atomic E-state index is 0.372. The Morgan fingerprint density at radius 2 is 1.94 bits per heavy atom. The highest BCUT2D eigenvalue weighted by molar-refractivity contribution is 7.99. The molecular formula is C22H20N6O2S. The second-order valence-electron chi connectivity index (χ2n) is 7.01. The lowest BCUT2D eigenvalue weighted by molar-refractivity contribution is 0.200. The van der Waals surface area contributed by atoms with Gasteiger partial charge in [0.15, 0.2) is 11.9 Å². The van der Waals surface area contributed by atoms with Gasteiger partial charge in [-0.05, 0) is 29.8 Å². The Hall–Kier alpha value is -3.27. The van der Waals surface area contributed by atoms with E-state index in [-0.39, 0.29) is 0 Å². The zero-order chi connectivity index (χ0) is 21.2. The van der Waals surface area contributed by atoms with E-state index >= 15 is 0 Å². The van der Waals surface area contributed by atoms with Gasteiger partial charge in [0, 0.05) is 49.5 Å². The summed E-state index contributed by atoms with van der Waals surface area (Å²) in [7, 11) is 1.66. The number of ether oxygens (including phenoxy) is 1. The van der Waals surface area contributed by atoms with Gasteiger partial charge >= 0.3 is 0 Å². The molecule has 3 aromatic heterocycles. The SMILES string of the molecule is COCN1c2cc(Cn3ccnc3C(O)c3ccccn3)ccc2Sc2nccnc21. The van der Waals surface area contributed by atoms with Gasteiger partial charge in [0.05, 0.1) is 11.4 Å². The summed E-state index contributed by atoms with van der Waals surface area (Å²) in [4.78, 5) is 20.7. The first-order chi connectivity index (χ1) is 15.2. The first-order valence-electron chi connectivity index (χ1n) is 9.73. The molecule has 0 amide bonds. The molecule has 1 N–H and O–H groups in total. The number of methoxy groups -OCH3 is 1. The predicted octanol–water partition coefficient (Wildman–Crippen LogP) is 3.40. The smallest absolute Gasteiger partial charge is 0.168 e. The van der Waals surface area contributed by atoms with Crippen molar-refractivity contribution in [3.8, 4) is 0 Å². The highest BCUT2D eigenvalue weighted by Gasteiger charge is 2.26. The number of aromatic nitrogens is 5. The molecule has 0 aliphatic carbocycles. The van der Waals surface area contributed by atoms with Crippen molar-refractivity contribution in [2.24, 2.45) is 0 Å². The number of imidazole rings is 1. The van der Waals surface area contributed by atoms with Gasteiger partial charge in [-0.15, -0.1) is 0 Å². The summed E-state index contributed by atoms with van der Waals surface area (Å²) in [6.07, 6.45) is 7.72. The van der Waals surface area contributed by atoms with Crippen LogP contribution in [0.3, 0.4) is 0 Å². The molecule has 1 aliphatic rings. The fourth-order valence-electron chi connectivity index (χ4n) is 3.58. The third-order valence-corrected chi connectivity index (χ3v) is 6.04. The highest BCUT2D eigenvalue weighted by atomic mass is 32.2. The summed E-state index contributed by atoms with van der Waals surface area (Å²) < 4.78 is 7.37. The van der Waals surface area contributed by atoms with E-state index < -0.39 is 6.10 Å². The van der Waals surface area contributed by atoms with Crippen LogP contribution in [0.1, 0.15) is 23.2 Å². The summed E-state index contributed by atoms with van der Waals surface area (Å²) >= 11 is 1.60. The third-order valence-electron chi connectivity index (χ3n) is 4.99. The summed E-state index contributed by atoms with van der Waals surface area (Å²) in [5, 5.41) is 11.6. The first kappa shape index (κ1) is 19.7. The highest BCUT2D eigenvalue weighted by Crippen LogP contribution is 2.46. The minimum Gasteiger partial charge on any atom is -0.379 e. The van der Waals surface area contributed by atoms with Crippen molar-refractivity contribution < 1.29 is 9.84 Å². The van der Waals surface area contributed by atoms with Crippen molar-refractivity contribution in [1.29, 1.82) is 0 Å². The Kier molecular flexibility index (Phi) is 5.37. The quantitative estimate of drug-likeness (QED) is 0.496. The Labute approximate surface area is 183 Å². The van der Waals surface area contributed by atoms with Crippen molar-refractivity contribution in [2.45, 2.75) is 22.6 Å². The van der Waals surface area contributed by atoms with Gasteiger partial charge in [-0.2, -0.15) is 0 Å². The number of anilines is 2. The maximum absolute atomic E-state index is 10.8. The van der Waals surface area contributed by atoms with Gasteiger partial charge in [0.1, 0.15) is 17.6 Å². The lowest BCUT2D eigenvalue weighted by Crippen LogP contribution is -2.24. The molecule has 4 heterocycles. The molecule has 0 bridgehead atoms. The van der Waals surface area contributed by atoms with Crippen LogP contribution < -0.4 is 4.90 Å². The molecule has 0 spiro atoms. The lowest BCUT2D eigenvalue weighted by Gasteiger charge is -2.30. The van der Waals surface area contributed by atoms with Gasteiger partial charge in [-0.25, -0.2) is 15.0 Å². The number of rotatable bonds is 6. The summed E-state index contributed by atoms with van der Waals surface area (Å²) in [5.41, 5.74) is 2.66. The number of hydrogen-bond donors (Lipinski definition) is 1. The maximum atomic E-state index is 10.8. The molecule has 1 aliphatic heterocycles. The molecule has 1 unspecified atom stereocenters. The number of aliphatic hydroxyl groups is 1. The normalized spacial score (nSPS) is 13.5. The molecular weight excluding hydrogens is 412 g/mol. The van der Waals surface area contributed by atoms with Crippen LogP contribution in [0.2, 0.25) is 0 Å². The summed E-state index contributed by atoms with van der Waals surface area (Å²) in [5.74, 6) is 1.34. The molecule has 1 aromatic carbocycles. The average molecular weight is 433 g/mol. The van der Waals surface area contributed by atoms with Crippen molar-refractivity contribution >= 4 is 23.3 Å².